The Bertz CT molecular complexity index is 1430. The minimum Gasteiger partial charge on any atom is -0.366 e. The highest BCUT2D eigenvalue weighted by Crippen LogP contribution is 2.31. The van der Waals surface area contributed by atoms with Gasteiger partial charge in [0.2, 0.25) is 5.91 Å². The van der Waals surface area contributed by atoms with Gasteiger partial charge in [-0.2, -0.15) is 0 Å². The molecule has 0 spiro atoms. The van der Waals surface area contributed by atoms with Crippen molar-refractivity contribution in [3.63, 3.8) is 0 Å². The van der Waals surface area contributed by atoms with Crippen LogP contribution in [-0.4, -0.2) is 56.2 Å². The fourth-order valence-corrected chi connectivity index (χ4v) is 5.28. The minimum absolute atomic E-state index is 0.157. The summed E-state index contributed by atoms with van der Waals surface area (Å²) in [6, 6.07) is 14.7. The van der Waals surface area contributed by atoms with Gasteiger partial charge in [0.15, 0.2) is 5.65 Å². The second-order valence-electron chi connectivity index (χ2n) is 8.25. The molecule has 1 saturated heterocycles. The molecule has 5 rings (SSSR count). The lowest BCUT2D eigenvalue weighted by atomic mass is 10.2. The highest BCUT2D eigenvalue weighted by Gasteiger charge is 2.24. The molecule has 0 saturated carbocycles. The minimum atomic E-state index is -0.383. The monoisotopic (exact) mass is 492 g/mol. The Hall–Kier alpha value is -3.66. The van der Waals surface area contributed by atoms with Crippen molar-refractivity contribution in [2.24, 2.45) is 0 Å². The molecule has 1 amide bonds. The molecule has 0 bridgehead atoms. The normalized spacial score (nSPS) is 14.0. The SMILES string of the molecule is CCc1ccccc1Sc1nccn2c(=O)n(CC(=O)N3CCN(c4ccccc4F)CC3)nc12. The molecule has 0 N–H and O–H groups in total. The predicted octanol–water partition coefficient (Wildman–Crippen LogP) is 3.09. The van der Waals surface area contributed by atoms with E-state index in [0.29, 0.717) is 42.5 Å². The number of halogens is 1. The molecule has 3 heterocycles. The van der Waals surface area contributed by atoms with Crippen LogP contribution in [0.4, 0.5) is 10.1 Å². The lowest BCUT2D eigenvalue weighted by molar-refractivity contribution is -0.132. The van der Waals surface area contributed by atoms with Crippen LogP contribution in [0.5, 0.6) is 0 Å². The van der Waals surface area contributed by atoms with Crippen LogP contribution in [0.3, 0.4) is 0 Å². The third kappa shape index (κ3) is 4.66. The zero-order chi connectivity index (χ0) is 24.4. The van der Waals surface area contributed by atoms with Crippen LogP contribution in [0.15, 0.2) is 75.6 Å². The molecule has 35 heavy (non-hydrogen) atoms. The summed E-state index contributed by atoms with van der Waals surface area (Å²) >= 11 is 1.46. The number of anilines is 1. The molecule has 180 valence electrons. The zero-order valence-corrected chi connectivity index (χ0v) is 20.1. The van der Waals surface area contributed by atoms with Crippen LogP contribution in [0.2, 0.25) is 0 Å². The molecule has 8 nitrogen and oxygen atoms in total. The number of nitrogens with zero attached hydrogens (tertiary/aromatic N) is 6. The Balaban J connectivity index is 1.31. The summed E-state index contributed by atoms with van der Waals surface area (Å²) in [6.45, 7) is 3.88. The van der Waals surface area contributed by atoms with E-state index in [0.717, 1.165) is 11.3 Å². The summed E-state index contributed by atoms with van der Waals surface area (Å²) in [5.74, 6) is -0.463. The smallest absolute Gasteiger partial charge is 0.350 e. The fourth-order valence-electron chi connectivity index (χ4n) is 4.23. The van der Waals surface area contributed by atoms with E-state index in [1.807, 2.05) is 23.1 Å². The molecular weight excluding hydrogens is 467 g/mol. The van der Waals surface area contributed by atoms with Crippen molar-refractivity contribution in [3.05, 3.63) is 82.8 Å². The van der Waals surface area contributed by atoms with Gasteiger partial charge in [0.1, 0.15) is 17.4 Å². The Morgan fingerprint density at radius 2 is 1.80 bits per heavy atom. The number of para-hydroxylation sites is 1. The maximum atomic E-state index is 14.1. The van der Waals surface area contributed by atoms with Gasteiger partial charge in [-0.05, 0) is 30.2 Å². The first-order chi connectivity index (χ1) is 17.0. The molecule has 2 aromatic carbocycles. The van der Waals surface area contributed by atoms with Gasteiger partial charge in [-0.15, -0.1) is 5.10 Å². The van der Waals surface area contributed by atoms with Gasteiger partial charge < -0.3 is 9.80 Å². The van der Waals surface area contributed by atoms with Gasteiger partial charge in [-0.1, -0.05) is 49.0 Å². The van der Waals surface area contributed by atoms with Crippen molar-refractivity contribution in [3.8, 4) is 0 Å². The number of piperazine rings is 1. The quantitative estimate of drug-likeness (QED) is 0.412. The summed E-state index contributed by atoms with van der Waals surface area (Å²) in [7, 11) is 0. The first kappa shape index (κ1) is 23.1. The molecule has 1 fully saturated rings. The number of aromatic nitrogens is 4. The average molecular weight is 493 g/mol. The second-order valence-corrected chi connectivity index (χ2v) is 9.28. The van der Waals surface area contributed by atoms with Crippen molar-refractivity contribution >= 4 is 29.0 Å². The van der Waals surface area contributed by atoms with E-state index in [1.54, 1.807) is 35.5 Å². The van der Waals surface area contributed by atoms with Crippen LogP contribution in [0, 0.1) is 5.82 Å². The van der Waals surface area contributed by atoms with Crippen molar-refractivity contribution in [2.45, 2.75) is 29.8 Å². The van der Waals surface area contributed by atoms with Crippen LogP contribution >= 0.6 is 11.8 Å². The Morgan fingerprint density at radius 1 is 1.06 bits per heavy atom. The van der Waals surface area contributed by atoms with Gasteiger partial charge in [-0.3, -0.25) is 4.79 Å². The van der Waals surface area contributed by atoms with Crippen LogP contribution in [0.25, 0.3) is 5.65 Å². The first-order valence-corrected chi connectivity index (χ1v) is 12.3. The molecule has 0 aliphatic carbocycles. The second kappa shape index (κ2) is 9.91. The molecule has 0 atom stereocenters. The number of fused-ring (bicyclic) bond motifs is 1. The number of carbonyl (C=O) groups is 1. The molecule has 1 aliphatic rings. The molecule has 0 unspecified atom stereocenters. The molecule has 4 aromatic rings. The van der Waals surface area contributed by atoms with Crippen molar-refractivity contribution in [2.75, 3.05) is 31.1 Å². The summed E-state index contributed by atoms with van der Waals surface area (Å²) in [6.07, 6.45) is 4.02. The van der Waals surface area contributed by atoms with Gasteiger partial charge in [0.25, 0.3) is 0 Å². The summed E-state index contributed by atoms with van der Waals surface area (Å²) < 4.78 is 16.7. The van der Waals surface area contributed by atoms with Gasteiger partial charge in [0.05, 0.1) is 5.69 Å². The number of amides is 1. The van der Waals surface area contributed by atoms with E-state index in [4.69, 9.17) is 0 Å². The molecule has 10 heteroatoms. The van der Waals surface area contributed by atoms with Crippen molar-refractivity contribution < 1.29 is 9.18 Å². The van der Waals surface area contributed by atoms with Crippen LogP contribution in [-0.2, 0) is 17.8 Å². The third-order valence-electron chi connectivity index (χ3n) is 6.14. The van der Waals surface area contributed by atoms with Crippen LogP contribution in [0.1, 0.15) is 12.5 Å². The summed E-state index contributed by atoms with van der Waals surface area (Å²) in [5, 5.41) is 5.06. The summed E-state index contributed by atoms with van der Waals surface area (Å²) in [4.78, 5) is 35.0. The Labute approximate surface area is 206 Å². The van der Waals surface area contributed by atoms with Crippen molar-refractivity contribution in [1.29, 1.82) is 0 Å². The van der Waals surface area contributed by atoms with E-state index in [2.05, 4.69) is 23.1 Å². The van der Waals surface area contributed by atoms with E-state index in [-0.39, 0.29) is 24.0 Å². The van der Waals surface area contributed by atoms with Gasteiger partial charge in [-0.25, -0.2) is 23.3 Å². The van der Waals surface area contributed by atoms with E-state index in [1.165, 1.54) is 32.5 Å². The topological polar surface area (TPSA) is 75.7 Å². The van der Waals surface area contributed by atoms with Gasteiger partial charge >= 0.3 is 5.69 Å². The molecule has 1 aliphatic heterocycles. The number of aryl methyl sites for hydroxylation is 1. The third-order valence-corrected chi connectivity index (χ3v) is 7.24. The number of rotatable bonds is 6. The lowest BCUT2D eigenvalue weighted by Gasteiger charge is -2.36. The van der Waals surface area contributed by atoms with E-state index >= 15 is 0 Å². The van der Waals surface area contributed by atoms with Crippen LogP contribution < -0.4 is 10.6 Å². The Kier molecular flexibility index (Phi) is 6.54. The molecule has 0 radical (unpaired) electrons. The maximum Gasteiger partial charge on any atom is 0.350 e. The fraction of sp³-hybridized carbons (Fsp3) is 0.280. The largest absolute Gasteiger partial charge is 0.366 e. The molecular formula is C25H25FN6O2S. The number of hydrogen-bond donors (Lipinski definition) is 0. The number of hydrogen-bond acceptors (Lipinski definition) is 6. The van der Waals surface area contributed by atoms with Crippen molar-refractivity contribution in [1.82, 2.24) is 24.1 Å². The number of carbonyl (C=O) groups excluding carboxylic acids is 1. The first-order valence-electron chi connectivity index (χ1n) is 11.5. The average Bonchev–Trinajstić information content (AvgIpc) is 3.21. The maximum absolute atomic E-state index is 14.1. The van der Waals surface area contributed by atoms with E-state index < -0.39 is 0 Å². The van der Waals surface area contributed by atoms with Gasteiger partial charge in [0, 0.05) is 43.5 Å². The Morgan fingerprint density at radius 3 is 2.57 bits per heavy atom. The highest BCUT2D eigenvalue weighted by atomic mass is 32.2. The molecule has 2 aromatic heterocycles. The standard InChI is InChI=1S/C25H25FN6O2S/c1-2-18-7-3-6-10-21(18)35-24-23-28-32(25(34)31(23)12-11-27-24)17-22(33)30-15-13-29(14-16-30)20-9-5-4-8-19(20)26/h3-12H,2,13-17H2,1H3. The zero-order valence-electron chi connectivity index (χ0n) is 19.3. The highest BCUT2D eigenvalue weighted by molar-refractivity contribution is 7.99. The lowest BCUT2D eigenvalue weighted by Crippen LogP contribution is -2.50. The van der Waals surface area contributed by atoms with E-state index in [9.17, 15) is 14.0 Å². The number of benzene rings is 2. The predicted molar refractivity (Wildman–Crippen MR) is 132 cm³/mol. The summed E-state index contributed by atoms with van der Waals surface area (Å²) in [5.41, 5.74) is 1.77.